The summed E-state index contributed by atoms with van der Waals surface area (Å²) < 4.78 is 11.3. The van der Waals surface area contributed by atoms with Gasteiger partial charge < -0.3 is 9.47 Å². The van der Waals surface area contributed by atoms with Crippen molar-refractivity contribution in [1.82, 2.24) is 0 Å². The van der Waals surface area contributed by atoms with E-state index in [0.717, 1.165) is 26.1 Å². The Morgan fingerprint density at radius 3 is 2.76 bits per heavy atom. The molecule has 0 saturated carbocycles. The Morgan fingerprint density at radius 2 is 2.12 bits per heavy atom. The Bertz CT molecular complexity index is 320. The molecular weight excluding hydrogens is 236 g/mol. The first kappa shape index (κ1) is 12.9. The fourth-order valence-corrected chi connectivity index (χ4v) is 2.42. The lowest BCUT2D eigenvalue weighted by atomic mass is 9.85. The maximum absolute atomic E-state index is 6.06. The lowest BCUT2D eigenvalue weighted by Crippen LogP contribution is -2.37. The molecule has 3 heteroatoms. The number of ether oxygens (including phenoxy) is 2. The van der Waals surface area contributed by atoms with Gasteiger partial charge in [0.05, 0.1) is 19.8 Å². The van der Waals surface area contributed by atoms with E-state index in [9.17, 15) is 0 Å². The summed E-state index contributed by atoms with van der Waals surface area (Å²) >= 11 is 6.06. The molecule has 1 unspecified atom stereocenters. The van der Waals surface area contributed by atoms with Crippen LogP contribution in [0.25, 0.3) is 0 Å². The van der Waals surface area contributed by atoms with E-state index in [2.05, 4.69) is 12.1 Å². The first-order valence-corrected chi connectivity index (χ1v) is 6.63. The quantitative estimate of drug-likeness (QED) is 0.751. The van der Waals surface area contributed by atoms with Crippen LogP contribution in [0.4, 0.5) is 0 Å². The zero-order valence-electron chi connectivity index (χ0n) is 10.0. The number of hydrogen-bond acceptors (Lipinski definition) is 2. The minimum Gasteiger partial charge on any atom is -0.381 e. The Kier molecular flexibility index (Phi) is 4.84. The van der Waals surface area contributed by atoms with E-state index < -0.39 is 0 Å². The highest BCUT2D eigenvalue weighted by Crippen LogP contribution is 2.30. The molecule has 1 fully saturated rings. The molecule has 0 aromatic heterocycles. The summed E-state index contributed by atoms with van der Waals surface area (Å²) in [7, 11) is 0. The van der Waals surface area contributed by atoms with Gasteiger partial charge in [-0.15, -0.1) is 11.6 Å². The summed E-state index contributed by atoms with van der Waals surface area (Å²) in [5.41, 5.74) is 1.23. The van der Waals surface area contributed by atoms with Gasteiger partial charge in [-0.05, 0) is 18.4 Å². The normalized spacial score (nSPS) is 24.8. The maximum Gasteiger partial charge on any atom is 0.0717 e. The monoisotopic (exact) mass is 254 g/mol. The molecule has 94 valence electrons. The van der Waals surface area contributed by atoms with Crippen molar-refractivity contribution in [2.24, 2.45) is 5.41 Å². The fourth-order valence-electron chi connectivity index (χ4n) is 2.13. The molecule has 1 aliphatic rings. The molecule has 2 nitrogen and oxygen atoms in total. The molecule has 1 aromatic rings. The van der Waals surface area contributed by atoms with Crippen molar-refractivity contribution in [3.05, 3.63) is 35.9 Å². The number of alkyl halides is 1. The average Bonchev–Trinajstić information content (AvgIpc) is 2.41. The molecule has 2 rings (SSSR count). The minimum absolute atomic E-state index is 0.0224. The van der Waals surface area contributed by atoms with Crippen molar-refractivity contribution >= 4 is 11.6 Å². The van der Waals surface area contributed by atoms with Gasteiger partial charge in [-0.1, -0.05) is 30.3 Å². The van der Waals surface area contributed by atoms with Gasteiger partial charge in [0.2, 0.25) is 0 Å². The van der Waals surface area contributed by atoms with Crippen LogP contribution in [0, 0.1) is 5.41 Å². The lowest BCUT2D eigenvalue weighted by Gasteiger charge is -2.34. The summed E-state index contributed by atoms with van der Waals surface area (Å²) in [4.78, 5) is 0. The predicted octanol–water partition coefficient (Wildman–Crippen LogP) is 3.24. The number of halogens is 1. The van der Waals surface area contributed by atoms with Crippen molar-refractivity contribution in [3.8, 4) is 0 Å². The van der Waals surface area contributed by atoms with Gasteiger partial charge in [0.1, 0.15) is 0 Å². The average molecular weight is 255 g/mol. The second kappa shape index (κ2) is 6.39. The van der Waals surface area contributed by atoms with E-state index >= 15 is 0 Å². The molecule has 0 amide bonds. The molecule has 1 atom stereocenters. The lowest BCUT2D eigenvalue weighted by molar-refractivity contribution is -0.0510. The zero-order valence-corrected chi connectivity index (χ0v) is 10.8. The number of rotatable bonds is 5. The molecular formula is C14H19ClO2. The van der Waals surface area contributed by atoms with Gasteiger partial charge in [0.25, 0.3) is 0 Å². The smallest absolute Gasteiger partial charge is 0.0717 e. The van der Waals surface area contributed by atoms with Crippen LogP contribution in [0.2, 0.25) is 0 Å². The minimum atomic E-state index is 0.0224. The van der Waals surface area contributed by atoms with Crippen LogP contribution in [-0.2, 0) is 16.1 Å². The largest absolute Gasteiger partial charge is 0.381 e. The molecule has 1 heterocycles. The van der Waals surface area contributed by atoms with Crippen LogP contribution < -0.4 is 0 Å². The third-order valence-electron chi connectivity index (χ3n) is 3.21. The van der Waals surface area contributed by atoms with Crippen LogP contribution in [0.3, 0.4) is 0 Å². The summed E-state index contributed by atoms with van der Waals surface area (Å²) in [6.07, 6.45) is 2.19. The molecule has 1 aromatic carbocycles. The third-order valence-corrected chi connectivity index (χ3v) is 3.77. The van der Waals surface area contributed by atoms with Crippen LogP contribution in [0.15, 0.2) is 30.3 Å². The van der Waals surface area contributed by atoms with E-state index in [1.54, 1.807) is 0 Å². The highest BCUT2D eigenvalue weighted by molar-refractivity contribution is 6.18. The van der Waals surface area contributed by atoms with E-state index in [0.29, 0.717) is 19.1 Å². The summed E-state index contributed by atoms with van der Waals surface area (Å²) in [6.45, 7) is 2.92. The Labute approximate surface area is 108 Å². The maximum atomic E-state index is 6.06. The summed E-state index contributed by atoms with van der Waals surface area (Å²) in [5.74, 6) is 0.613. The second-order valence-electron chi connectivity index (χ2n) is 4.77. The van der Waals surface area contributed by atoms with Crippen LogP contribution >= 0.6 is 11.6 Å². The summed E-state index contributed by atoms with van der Waals surface area (Å²) in [6, 6.07) is 10.2. The Balaban J connectivity index is 1.80. The van der Waals surface area contributed by atoms with Crippen molar-refractivity contribution in [2.45, 2.75) is 19.4 Å². The van der Waals surface area contributed by atoms with E-state index in [-0.39, 0.29) is 5.41 Å². The van der Waals surface area contributed by atoms with Crippen molar-refractivity contribution in [2.75, 3.05) is 25.7 Å². The van der Waals surface area contributed by atoms with Crippen LogP contribution in [0.1, 0.15) is 18.4 Å². The standard InChI is InChI=1S/C14H19ClO2/c15-10-14(7-4-8-16-11-14)12-17-9-13-5-2-1-3-6-13/h1-3,5-6H,4,7-12H2. The summed E-state index contributed by atoms with van der Waals surface area (Å²) in [5, 5.41) is 0. The molecule has 1 saturated heterocycles. The van der Waals surface area contributed by atoms with E-state index in [1.807, 2.05) is 18.2 Å². The van der Waals surface area contributed by atoms with Gasteiger partial charge in [-0.3, -0.25) is 0 Å². The first-order chi connectivity index (χ1) is 8.35. The number of hydrogen-bond donors (Lipinski definition) is 0. The van der Waals surface area contributed by atoms with Gasteiger partial charge >= 0.3 is 0 Å². The van der Waals surface area contributed by atoms with Crippen LogP contribution in [-0.4, -0.2) is 25.7 Å². The van der Waals surface area contributed by atoms with E-state index in [4.69, 9.17) is 21.1 Å². The molecule has 17 heavy (non-hydrogen) atoms. The second-order valence-corrected chi connectivity index (χ2v) is 5.04. The Hall–Kier alpha value is -0.570. The van der Waals surface area contributed by atoms with Crippen molar-refractivity contribution in [3.63, 3.8) is 0 Å². The van der Waals surface area contributed by atoms with E-state index in [1.165, 1.54) is 5.56 Å². The van der Waals surface area contributed by atoms with Gasteiger partial charge in [0.15, 0.2) is 0 Å². The molecule has 0 spiro atoms. The first-order valence-electron chi connectivity index (χ1n) is 6.10. The molecule has 0 aliphatic carbocycles. The van der Waals surface area contributed by atoms with Crippen molar-refractivity contribution in [1.29, 1.82) is 0 Å². The molecule has 0 bridgehead atoms. The van der Waals surface area contributed by atoms with Gasteiger partial charge in [0, 0.05) is 17.9 Å². The zero-order chi connectivity index (χ0) is 12.0. The van der Waals surface area contributed by atoms with Gasteiger partial charge in [-0.25, -0.2) is 0 Å². The highest BCUT2D eigenvalue weighted by Gasteiger charge is 2.32. The number of benzene rings is 1. The van der Waals surface area contributed by atoms with Crippen molar-refractivity contribution < 1.29 is 9.47 Å². The third kappa shape index (κ3) is 3.70. The van der Waals surface area contributed by atoms with Gasteiger partial charge in [-0.2, -0.15) is 0 Å². The molecule has 0 N–H and O–H groups in total. The topological polar surface area (TPSA) is 18.5 Å². The highest BCUT2D eigenvalue weighted by atomic mass is 35.5. The Morgan fingerprint density at radius 1 is 1.29 bits per heavy atom. The fraction of sp³-hybridized carbons (Fsp3) is 0.571. The predicted molar refractivity (Wildman–Crippen MR) is 69.3 cm³/mol. The van der Waals surface area contributed by atoms with Crippen LogP contribution in [0.5, 0.6) is 0 Å². The molecule has 0 radical (unpaired) electrons. The molecule has 1 aliphatic heterocycles. The SMILES string of the molecule is ClCC1(COCc2ccccc2)CCCOC1.